The molecule has 1 heterocycles. The first kappa shape index (κ1) is 15.8. The Bertz CT molecular complexity index is 508. The summed E-state index contributed by atoms with van der Waals surface area (Å²) >= 11 is 0. The van der Waals surface area contributed by atoms with Gasteiger partial charge in [-0.1, -0.05) is 6.07 Å². The summed E-state index contributed by atoms with van der Waals surface area (Å²) in [5.41, 5.74) is 1.87. The summed E-state index contributed by atoms with van der Waals surface area (Å²) in [6.45, 7) is 9.48. The Labute approximate surface area is 126 Å². The molecular formula is C16H25N3O2. The van der Waals surface area contributed by atoms with Gasteiger partial charge in [0.05, 0.1) is 12.8 Å². The van der Waals surface area contributed by atoms with Crippen molar-refractivity contribution in [2.24, 2.45) is 0 Å². The lowest BCUT2D eigenvalue weighted by molar-refractivity contribution is -0.120. The second kappa shape index (κ2) is 6.45. The molecule has 0 aromatic heterocycles. The van der Waals surface area contributed by atoms with Crippen molar-refractivity contribution >= 4 is 11.6 Å². The molecular weight excluding hydrogens is 266 g/mol. The van der Waals surface area contributed by atoms with Crippen molar-refractivity contribution in [3.05, 3.63) is 23.8 Å². The Kier molecular flexibility index (Phi) is 4.85. The van der Waals surface area contributed by atoms with Crippen molar-refractivity contribution in [2.45, 2.75) is 39.8 Å². The van der Waals surface area contributed by atoms with Gasteiger partial charge in [-0.05, 0) is 32.9 Å². The fourth-order valence-corrected chi connectivity index (χ4v) is 3.04. The fraction of sp³-hybridized carbons (Fsp3) is 0.562. The first-order valence-electron chi connectivity index (χ1n) is 7.39. The zero-order valence-corrected chi connectivity index (χ0v) is 13.5. The SMILES string of the molecule is COc1cccc(N(C(C)=O)N2C[C@@H](C)N[C@@H](C)C2)c1C. The van der Waals surface area contributed by atoms with Crippen LogP contribution in [-0.4, -0.2) is 43.2 Å². The summed E-state index contributed by atoms with van der Waals surface area (Å²) in [7, 11) is 1.65. The van der Waals surface area contributed by atoms with Gasteiger partial charge in [-0.2, -0.15) is 0 Å². The first-order valence-corrected chi connectivity index (χ1v) is 7.39. The zero-order valence-electron chi connectivity index (χ0n) is 13.5. The van der Waals surface area contributed by atoms with E-state index >= 15 is 0 Å². The predicted molar refractivity (Wildman–Crippen MR) is 84.5 cm³/mol. The maximum Gasteiger partial charge on any atom is 0.238 e. The number of ether oxygens (including phenoxy) is 1. The van der Waals surface area contributed by atoms with Gasteiger partial charge in [0.2, 0.25) is 5.91 Å². The molecule has 0 aliphatic carbocycles. The number of hydrogen-bond acceptors (Lipinski definition) is 4. The smallest absolute Gasteiger partial charge is 0.238 e. The van der Waals surface area contributed by atoms with Gasteiger partial charge >= 0.3 is 0 Å². The van der Waals surface area contributed by atoms with Crippen molar-refractivity contribution < 1.29 is 9.53 Å². The zero-order chi connectivity index (χ0) is 15.6. The highest BCUT2D eigenvalue weighted by molar-refractivity contribution is 5.91. The number of piperazine rings is 1. The highest BCUT2D eigenvalue weighted by Crippen LogP contribution is 2.30. The van der Waals surface area contributed by atoms with Crippen molar-refractivity contribution in [1.82, 2.24) is 10.3 Å². The van der Waals surface area contributed by atoms with E-state index in [0.717, 1.165) is 30.1 Å². The predicted octanol–water partition coefficient (Wildman–Crippen LogP) is 1.95. The number of carbonyl (C=O) groups is 1. The van der Waals surface area contributed by atoms with E-state index in [2.05, 4.69) is 24.2 Å². The molecule has 0 unspecified atom stereocenters. The first-order chi connectivity index (χ1) is 9.93. The summed E-state index contributed by atoms with van der Waals surface area (Å²) in [6, 6.07) is 6.51. The minimum absolute atomic E-state index is 0.0210. The molecule has 0 bridgehead atoms. The average molecular weight is 291 g/mol. The number of hydrogen-bond donors (Lipinski definition) is 1. The van der Waals surface area contributed by atoms with Crippen LogP contribution in [0, 0.1) is 6.92 Å². The molecule has 1 amide bonds. The van der Waals surface area contributed by atoms with Crippen LogP contribution in [-0.2, 0) is 4.79 Å². The number of anilines is 1. The van der Waals surface area contributed by atoms with E-state index in [9.17, 15) is 4.79 Å². The maximum atomic E-state index is 12.2. The molecule has 0 spiro atoms. The molecule has 1 saturated heterocycles. The molecule has 116 valence electrons. The molecule has 5 heteroatoms. The summed E-state index contributed by atoms with van der Waals surface area (Å²) in [5, 5.41) is 7.39. The third-order valence-electron chi connectivity index (χ3n) is 3.82. The second-order valence-electron chi connectivity index (χ2n) is 5.78. The van der Waals surface area contributed by atoms with Crippen LogP contribution >= 0.6 is 0 Å². The van der Waals surface area contributed by atoms with Crippen LogP contribution in [0.3, 0.4) is 0 Å². The summed E-state index contributed by atoms with van der Waals surface area (Å²) in [6.07, 6.45) is 0. The monoisotopic (exact) mass is 291 g/mol. The third kappa shape index (κ3) is 3.36. The molecule has 1 fully saturated rings. The number of amides is 1. The minimum atomic E-state index is 0.0210. The van der Waals surface area contributed by atoms with Crippen molar-refractivity contribution in [2.75, 3.05) is 25.2 Å². The lowest BCUT2D eigenvalue weighted by Crippen LogP contribution is -2.60. The van der Waals surface area contributed by atoms with Gasteiger partial charge in [0.25, 0.3) is 0 Å². The second-order valence-corrected chi connectivity index (χ2v) is 5.78. The maximum absolute atomic E-state index is 12.2. The van der Waals surface area contributed by atoms with Gasteiger partial charge in [0, 0.05) is 37.7 Å². The van der Waals surface area contributed by atoms with Crippen molar-refractivity contribution in [3.63, 3.8) is 0 Å². The Morgan fingerprint density at radius 2 is 1.95 bits per heavy atom. The van der Waals surface area contributed by atoms with Crippen molar-refractivity contribution in [1.29, 1.82) is 0 Å². The number of benzene rings is 1. The van der Waals surface area contributed by atoms with E-state index in [1.165, 1.54) is 0 Å². The van der Waals surface area contributed by atoms with Crippen LogP contribution in [0.25, 0.3) is 0 Å². The van der Waals surface area contributed by atoms with Crippen LogP contribution in [0.5, 0.6) is 5.75 Å². The van der Waals surface area contributed by atoms with Gasteiger partial charge < -0.3 is 10.1 Å². The topological polar surface area (TPSA) is 44.8 Å². The van der Waals surface area contributed by atoms with E-state index in [4.69, 9.17) is 4.74 Å². The number of nitrogens with one attached hydrogen (secondary N) is 1. The normalized spacial score (nSPS) is 22.9. The van der Waals surface area contributed by atoms with Gasteiger partial charge in [-0.3, -0.25) is 4.79 Å². The van der Waals surface area contributed by atoms with Gasteiger partial charge in [0.1, 0.15) is 5.75 Å². The molecule has 0 saturated carbocycles. The van der Waals surface area contributed by atoms with E-state index < -0.39 is 0 Å². The highest BCUT2D eigenvalue weighted by atomic mass is 16.5. The average Bonchev–Trinajstić information content (AvgIpc) is 2.39. The van der Waals surface area contributed by atoms with E-state index in [1.807, 2.05) is 25.1 Å². The van der Waals surface area contributed by atoms with Gasteiger partial charge in [-0.25, -0.2) is 10.0 Å². The molecule has 1 aromatic rings. The Balaban J connectivity index is 2.37. The lowest BCUT2D eigenvalue weighted by Gasteiger charge is -2.42. The van der Waals surface area contributed by atoms with Crippen LogP contribution in [0.4, 0.5) is 5.69 Å². The highest BCUT2D eigenvalue weighted by Gasteiger charge is 2.29. The summed E-state index contributed by atoms with van der Waals surface area (Å²) < 4.78 is 5.38. The standard InChI is InChI=1S/C16H25N3O2/c1-11-9-18(10-12(2)17-11)19(14(4)20)15-7-6-8-16(21-5)13(15)3/h6-8,11-12,17H,9-10H2,1-5H3/t11-,12+. The molecule has 1 N–H and O–H groups in total. The molecule has 21 heavy (non-hydrogen) atoms. The van der Waals surface area contributed by atoms with Crippen LogP contribution in [0.15, 0.2) is 18.2 Å². The van der Waals surface area contributed by atoms with E-state index in [-0.39, 0.29) is 5.91 Å². The molecule has 2 atom stereocenters. The Hall–Kier alpha value is -1.59. The molecule has 0 radical (unpaired) electrons. The quantitative estimate of drug-likeness (QED) is 0.924. The number of methoxy groups -OCH3 is 1. The van der Waals surface area contributed by atoms with Gasteiger partial charge in [-0.15, -0.1) is 0 Å². The minimum Gasteiger partial charge on any atom is -0.496 e. The lowest BCUT2D eigenvalue weighted by atomic mass is 10.1. The number of hydrazine groups is 1. The number of rotatable bonds is 3. The molecule has 1 aliphatic heterocycles. The van der Waals surface area contributed by atoms with Crippen LogP contribution in [0.2, 0.25) is 0 Å². The third-order valence-corrected chi connectivity index (χ3v) is 3.82. The van der Waals surface area contributed by atoms with Gasteiger partial charge in [0.15, 0.2) is 0 Å². The van der Waals surface area contributed by atoms with E-state index in [0.29, 0.717) is 12.1 Å². The Morgan fingerprint density at radius 1 is 1.33 bits per heavy atom. The molecule has 1 aromatic carbocycles. The Morgan fingerprint density at radius 3 is 2.48 bits per heavy atom. The summed E-state index contributed by atoms with van der Waals surface area (Å²) in [4.78, 5) is 12.2. The number of carbonyl (C=O) groups excluding carboxylic acids is 1. The largest absolute Gasteiger partial charge is 0.496 e. The van der Waals surface area contributed by atoms with Crippen LogP contribution < -0.4 is 15.1 Å². The molecule has 5 nitrogen and oxygen atoms in total. The molecule has 2 rings (SSSR count). The molecule has 1 aliphatic rings. The summed E-state index contributed by atoms with van der Waals surface area (Å²) in [5.74, 6) is 0.822. The fourth-order valence-electron chi connectivity index (χ4n) is 3.04. The number of nitrogens with zero attached hydrogens (tertiary/aromatic N) is 2. The van der Waals surface area contributed by atoms with E-state index in [1.54, 1.807) is 19.0 Å². The van der Waals surface area contributed by atoms with Crippen molar-refractivity contribution in [3.8, 4) is 5.75 Å². The van der Waals surface area contributed by atoms with Crippen LogP contribution in [0.1, 0.15) is 26.3 Å².